The highest BCUT2D eigenvalue weighted by atomic mass is 16.5. The van der Waals surface area contributed by atoms with Crippen LogP contribution in [0.1, 0.15) is 30.4 Å². The zero-order valence-electron chi connectivity index (χ0n) is 15.6. The zero-order chi connectivity index (χ0) is 18.9. The SMILES string of the molecule is CCCc1ncc2c(n1)COC21CN(C(=O)COc2ccc(OC)cc2)C1. The van der Waals surface area contributed by atoms with Crippen molar-refractivity contribution in [3.05, 3.63) is 47.5 Å². The van der Waals surface area contributed by atoms with Crippen molar-refractivity contribution < 1.29 is 19.0 Å². The Morgan fingerprint density at radius 2 is 2.00 bits per heavy atom. The third-order valence-corrected chi connectivity index (χ3v) is 5.03. The number of nitrogens with zero attached hydrogens (tertiary/aromatic N) is 3. The fraction of sp³-hybridized carbons (Fsp3) is 0.450. The quantitative estimate of drug-likeness (QED) is 0.776. The summed E-state index contributed by atoms with van der Waals surface area (Å²) in [6.07, 6.45) is 3.75. The Balaban J connectivity index is 1.33. The van der Waals surface area contributed by atoms with Gasteiger partial charge < -0.3 is 19.1 Å². The van der Waals surface area contributed by atoms with Gasteiger partial charge in [-0.15, -0.1) is 0 Å². The molecular weight excluding hydrogens is 346 g/mol. The normalized spacial score (nSPS) is 16.7. The summed E-state index contributed by atoms with van der Waals surface area (Å²) in [5.41, 5.74) is 1.52. The number of likely N-dealkylation sites (tertiary alicyclic amines) is 1. The van der Waals surface area contributed by atoms with Gasteiger partial charge in [-0.25, -0.2) is 9.97 Å². The molecule has 0 radical (unpaired) electrons. The molecule has 0 N–H and O–H groups in total. The highest BCUT2D eigenvalue weighted by Gasteiger charge is 2.52. The summed E-state index contributed by atoms with van der Waals surface area (Å²) in [5, 5.41) is 0. The van der Waals surface area contributed by atoms with E-state index in [1.807, 2.05) is 6.20 Å². The van der Waals surface area contributed by atoms with Gasteiger partial charge in [0.1, 0.15) is 22.9 Å². The van der Waals surface area contributed by atoms with Crippen LogP contribution in [0.2, 0.25) is 0 Å². The lowest BCUT2D eigenvalue weighted by molar-refractivity contribution is -0.170. The van der Waals surface area contributed by atoms with Crippen LogP contribution in [0.3, 0.4) is 0 Å². The Bertz CT molecular complexity index is 832. The number of carbonyl (C=O) groups excluding carboxylic acids is 1. The summed E-state index contributed by atoms with van der Waals surface area (Å²) in [5.74, 6) is 2.19. The van der Waals surface area contributed by atoms with Gasteiger partial charge in [0.15, 0.2) is 6.61 Å². The standard InChI is InChI=1S/C20H23N3O4/c1-3-4-18-21-9-16-17(22-18)10-27-20(16)12-23(13-20)19(24)11-26-15-7-5-14(25-2)6-8-15/h5-9H,3-4,10-13H2,1-2H3. The number of benzene rings is 1. The van der Waals surface area contributed by atoms with E-state index in [0.29, 0.717) is 25.4 Å². The van der Waals surface area contributed by atoms with Gasteiger partial charge in [-0.2, -0.15) is 0 Å². The van der Waals surface area contributed by atoms with E-state index in [9.17, 15) is 4.79 Å². The Hall–Kier alpha value is -2.67. The minimum absolute atomic E-state index is 0.00119. The van der Waals surface area contributed by atoms with Crippen LogP contribution in [0, 0.1) is 0 Å². The number of aromatic nitrogens is 2. The van der Waals surface area contributed by atoms with E-state index in [4.69, 9.17) is 14.2 Å². The Morgan fingerprint density at radius 1 is 1.26 bits per heavy atom. The summed E-state index contributed by atoms with van der Waals surface area (Å²) in [6, 6.07) is 7.17. The highest BCUT2D eigenvalue weighted by Crippen LogP contribution is 2.42. The van der Waals surface area contributed by atoms with Crippen LogP contribution in [-0.4, -0.2) is 47.6 Å². The average molecular weight is 369 g/mol. The predicted octanol–water partition coefficient (Wildman–Crippen LogP) is 2.08. The lowest BCUT2D eigenvalue weighted by Crippen LogP contribution is -2.62. The molecule has 0 saturated carbocycles. The third kappa shape index (κ3) is 3.35. The fourth-order valence-corrected chi connectivity index (χ4v) is 3.49. The molecule has 0 bridgehead atoms. The molecule has 27 heavy (non-hydrogen) atoms. The molecule has 1 aromatic carbocycles. The van der Waals surface area contributed by atoms with E-state index < -0.39 is 5.60 Å². The van der Waals surface area contributed by atoms with E-state index in [1.54, 1.807) is 36.3 Å². The monoisotopic (exact) mass is 369 g/mol. The van der Waals surface area contributed by atoms with Crippen molar-refractivity contribution in [3.8, 4) is 11.5 Å². The average Bonchev–Trinajstić information content (AvgIpc) is 3.04. The number of rotatable bonds is 6. The van der Waals surface area contributed by atoms with Gasteiger partial charge in [0.05, 0.1) is 32.5 Å². The molecule has 1 saturated heterocycles. The molecule has 7 heteroatoms. The van der Waals surface area contributed by atoms with Gasteiger partial charge in [-0.3, -0.25) is 4.79 Å². The molecule has 3 heterocycles. The maximum Gasteiger partial charge on any atom is 0.260 e. The molecule has 1 amide bonds. The number of hydrogen-bond donors (Lipinski definition) is 0. The molecule has 1 spiro atoms. The van der Waals surface area contributed by atoms with Gasteiger partial charge in [0, 0.05) is 18.2 Å². The molecule has 1 fully saturated rings. The van der Waals surface area contributed by atoms with Gasteiger partial charge in [-0.1, -0.05) is 6.92 Å². The van der Waals surface area contributed by atoms with Crippen molar-refractivity contribution >= 4 is 5.91 Å². The van der Waals surface area contributed by atoms with Gasteiger partial charge in [0.25, 0.3) is 5.91 Å². The van der Waals surface area contributed by atoms with Crippen molar-refractivity contribution in [2.45, 2.75) is 32.0 Å². The number of ether oxygens (including phenoxy) is 3. The minimum Gasteiger partial charge on any atom is -0.497 e. The molecular formula is C20H23N3O4. The van der Waals surface area contributed by atoms with Crippen LogP contribution >= 0.6 is 0 Å². The molecule has 4 rings (SSSR count). The summed E-state index contributed by atoms with van der Waals surface area (Å²) in [4.78, 5) is 23.2. The smallest absolute Gasteiger partial charge is 0.260 e. The number of aryl methyl sites for hydroxylation is 1. The van der Waals surface area contributed by atoms with Crippen LogP contribution in [0.15, 0.2) is 30.5 Å². The van der Waals surface area contributed by atoms with Crippen molar-refractivity contribution in [2.24, 2.45) is 0 Å². The number of fused-ring (bicyclic) bond motifs is 2. The molecule has 0 aliphatic carbocycles. The predicted molar refractivity (Wildman–Crippen MR) is 97.6 cm³/mol. The van der Waals surface area contributed by atoms with E-state index in [1.165, 1.54) is 0 Å². The first-order valence-electron chi connectivity index (χ1n) is 9.17. The second-order valence-electron chi connectivity index (χ2n) is 6.89. The maximum atomic E-state index is 12.4. The van der Waals surface area contributed by atoms with Gasteiger partial charge in [0.2, 0.25) is 0 Å². The van der Waals surface area contributed by atoms with E-state index >= 15 is 0 Å². The number of carbonyl (C=O) groups is 1. The van der Waals surface area contributed by atoms with Crippen molar-refractivity contribution in [2.75, 3.05) is 26.8 Å². The largest absolute Gasteiger partial charge is 0.497 e. The fourth-order valence-electron chi connectivity index (χ4n) is 3.49. The molecule has 2 aliphatic heterocycles. The summed E-state index contributed by atoms with van der Waals surface area (Å²) < 4.78 is 16.7. The topological polar surface area (TPSA) is 73.8 Å². The Morgan fingerprint density at radius 3 is 2.70 bits per heavy atom. The van der Waals surface area contributed by atoms with Crippen LogP contribution in [0.4, 0.5) is 0 Å². The maximum absolute atomic E-state index is 12.4. The third-order valence-electron chi connectivity index (χ3n) is 5.03. The summed E-state index contributed by atoms with van der Waals surface area (Å²) >= 11 is 0. The molecule has 1 aromatic heterocycles. The highest BCUT2D eigenvalue weighted by molar-refractivity contribution is 5.79. The van der Waals surface area contributed by atoms with Crippen LogP contribution in [-0.2, 0) is 28.2 Å². The van der Waals surface area contributed by atoms with Crippen LogP contribution in [0.25, 0.3) is 0 Å². The molecule has 7 nitrogen and oxygen atoms in total. The molecule has 0 atom stereocenters. The molecule has 0 unspecified atom stereocenters. The lowest BCUT2D eigenvalue weighted by Gasteiger charge is -2.47. The molecule has 2 aliphatic rings. The summed E-state index contributed by atoms with van der Waals surface area (Å²) in [6.45, 7) is 3.63. The van der Waals surface area contributed by atoms with Crippen LogP contribution < -0.4 is 9.47 Å². The van der Waals surface area contributed by atoms with Gasteiger partial charge >= 0.3 is 0 Å². The number of hydrogen-bond acceptors (Lipinski definition) is 6. The van der Waals surface area contributed by atoms with Crippen molar-refractivity contribution in [1.82, 2.24) is 14.9 Å². The Labute approximate surface area is 158 Å². The van der Waals surface area contributed by atoms with Crippen molar-refractivity contribution in [3.63, 3.8) is 0 Å². The van der Waals surface area contributed by atoms with Crippen molar-refractivity contribution in [1.29, 1.82) is 0 Å². The van der Waals surface area contributed by atoms with Crippen LogP contribution in [0.5, 0.6) is 11.5 Å². The first-order valence-corrected chi connectivity index (χ1v) is 9.17. The minimum atomic E-state index is -0.449. The van der Waals surface area contributed by atoms with E-state index in [2.05, 4.69) is 16.9 Å². The Kier molecular flexibility index (Phi) is 4.70. The lowest BCUT2D eigenvalue weighted by atomic mass is 9.87. The second kappa shape index (κ2) is 7.15. The van der Waals surface area contributed by atoms with E-state index in [-0.39, 0.29) is 12.5 Å². The first kappa shape index (κ1) is 17.7. The molecule has 2 aromatic rings. The zero-order valence-corrected chi connectivity index (χ0v) is 15.6. The number of methoxy groups -OCH3 is 1. The number of amides is 1. The second-order valence-corrected chi connectivity index (χ2v) is 6.89. The van der Waals surface area contributed by atoms with Gasteiger partial charge in [-0.05, 0) is 30.7 Å². The first-order chi connectivity index (χ1) is 13.1. The summed E-state index contributed by atoms with van der Waals surface area (Å²) in [7, 11) is 1.61. The van der Waals surface area contributed by atoms with E-state index in [0.717, 1.165) is 35.7 Å². The molecule has 142 valence electrons.